The molecule has 1 aromatic heterocycles. The van der Waals surface area contributed by atoms with Gasteiger partial charge < -0.3 is 9.47 Å². The van der Waals surface area contributed by atoms with Crippen molar-refractivity contribution in [2.24, 2.45) is 0 Å². The molecule has 1 heterocycles. The van der Waals surface area contributed by atoms with Gasteiger partial charge in [0, 0.05) is 0 Å². The number of rotatable bonds is 6. The molecule has 4 aromatic rings. The molecular weight excluding hydrogens is 400 g/mol. The van der Waals surface area contributed by atoms with E-state index >= 15 is 0 Å². The van der Waals surface area contributed by atoms with Gasteiger partial charge in [0.05, 0.1) is 11.4 Å². The van der Waals surface area contributed by atoms with Gasteiger partial charge >= 0.3 is 5.97 Å². The van der Waals surface area contributed by atoms with Crippen molar-refractivity contribution in [2.45, 2.75) is 13.5 Å². The van der Waals surface area contributed by atoms with Crippen LogP contribution in [0.15, 0.2) is 84.9 Å². The molecular formula is C24H19ClN2O3. The molecule has 6 heteroatoms. The van der Waals surface area contributed by atoms with E-state index in [9.17, 15) is 4.79 Å². The van der Waals surface area contributed by atoms with Crippen molar-refractivity contribution in [3.8, 4) is 17.2 Å². The molecule has 0 saturated carbocycles. The largest absolute Gasteiger partial charge is 0.489 e. The van der Waals surface area contributed by atoms with Crippen LogP contribution in [0, 0.1) is 6.92 Å². The molecule has 30 heavy (non-hydrogen) atoms. The lowest BCUT2D eigenvalue weighted by Crippen LogP contribution is -2.10. The molecule has 150 valence electrons. The fourth-order valence-corrected chi connectivity index (χ4v) is 3.32. The van der Waals surface area contributed by atoms with Crippen LogP contribution in [-0.2, 0) is 6.61 Å². The molecule has 0 N–H and O–H groups in total. The Kier molecular flexibility index (Phi) is 5.82. The first-order chi connectivity index (χ1) is 14.6. The van der Waals surface area contributed by atoms with Gasteiger partial charge in [0.15, 0.2) is 0 Å². The number of halogens is 1. The van der Waals surface area contributed by atoms with Crippen LogP contribution in [0.25, 0.3) is 5.69 Å². The van der Waals surface area contributed by atoms with E-state index in [1.807, 2.05) is 60.7 Å². The minimum Gasteiger partial charge on any atom is -0.489 e. The Morgan fingerprint density at radius 3 is 2.17 bits per heavy atom. The summed E-state index contributed by atoms with van der Waals surface area (Å²) < 4.78 is 12.8. The maximum Gasteiger partial charge on any atom is 0.348 e. The molecule has 0 amide bonds. The zero-order valence-electron chi connectivity index (χ0n) is 16.3. The van der Waals surface area contributed by atoms with Gasteiger partial charge in [-0.25, -0.2) is 9.48 Å². The maximum atomic E-state index is 12.7. The van der Waals surface area contributed by atoms with Gasteiger partial charge in [-0.15, -0.1) is 0 Å². The lowest BCUT2D eigenvalue weighted by atomic mass is 10.2. The summed E-state index contributed by atoms with van der Waals surface area (Å²) in [6.45, 7) is 2.19. The van der Waals surface area contributed by atoms with Crippen molar-refractivity contribution in [1.82, 2.24) is 9.78 Å². The van der Waals surface area contributed by atoms with Crippen LogP contribution in [0.3, 0.4) is 0 Å². The van der Waals surface area contributed by atoms with Crippen molar-refractivity contribution >= 4 is 17.6 Å². The fraction of sp³-hybridized carbons (Fsp3) is 0.0833. The topological polar surface area (TPSA) is 53.4 Å². The first-order valence-electron chi connectivity index (χ1n) is 9.41. The average molecular weight is 419 g/mol. The third-order valence-electron chi connectivity index (χ3n) is 4.49. The van der Waals surface area contributed by atoms with Crippen molar-refractivity contribution < 1.29 is 14.3 Å². The third kappa shape index (κ3) is 4.36. The normalized spacial score (nSPS) is 10.6. The van der Waals surface area contributed by atoms with Crippen molar-refractivity contribution in [3.05, 3.63) is 107 Å². The summed E-state index contributed by atoms with van der Waals surface area (Å²) in [7, 11) is 0. The standard InChI is InChI=1S/C24H19ClN2O3/c1-17-22(23(25)27(26-17)19-10-6-3-7-11-19)24(28)30-21-14-12-20(13-15-21)29-16-18-8-4-2-5-9-18/h2-15H,16H2,1H3. The van der Waals surface area contributed by atoms with Crippen molar-refractivity contribution in [2.75, 3.05) is 0 Å². The van der Waals surface area contributed by atoms with Gasteiger partial charge in [-0.1, -0.05) is 60.1 Å². The Morgan fingerprint density at radius 2 is 1.50 bits per heavy atom. The highest BCUT2D eigenvalue weighted by molar-refractivity contribution is 6.33. The van der Waals surface area contributed by atoms with Crippen LogP contribution in [0.4, 0.5) is 0 Å². The summed E-state index contributed by atoms with van der Waals surface area (Å²) in [6, 6.07) is 26.2. The summed E-state index contributed by atoms with van der Waals surface area (Å²) >= 11 is 6.43. The van der Waals surface area contributed by atoms with E-state index < -0.39 is 5.97 Å². The van der Waals surface area contributed by atoms with E-state index in [2.05, 4.69) is 5.10 Å². The third-order valence-corrected chi connectivity index (χ3v) is 4.84. The van der Waals surface area contributed by atoms with Gasteiger partial charge in [-0.3, -0.25) is 0 Å². The summed E-state index contributed by atoms with van der Waals surface area (Å²) in [5, 5.41) is 4.59. The predicted molar refractivity (Wildman–Crippen MR) is 115 cm³/mol. The van der Waals surface area contributed by atoms with Crippen molar-refractivity contribution in [1.29, 1.82) is 0 Å². The predicted octanol–water partition coefficient (Wildman–Crippen LogP) is 5.63. The molecule has 0 aliphatic rings. The highest BCUT2D eigenvalue weighted by Gasteiger charge is 2.23. The summed E-state index contributed by atoms with van der Waals surface area (Å²) in [5.41, 5.74) is 2.58. The smallest absolute Gasteiger partial charge is 0.348 e. The monoisotopic (exact) mass is 418 g/mol. The molecule has 0 spiro atoms. The van der Waals surface area contributed by atoms with Crippen LogP contribution in [0.1, 0.15) is 21.6 Å². The second-order valence-corrected chi connectivity index (χ2v) is 6.99. The minimum absolute atomic E-state index is 0.214. The molecule has 3 aromatic carbocycles. The SMILES string of the molecule is Cc1nn(-c2ccccc2)c(Cl)c1C(=O)Oc1ccc(OCc2ccccc2)cc1. The quantitative estimate of drug-likeness (QED) is 0.300. The molecule has 0 atom stereocenters. The molecule has 4 rings (SSSR count). The number of ether oxygens (including phenoxy) is 2. The van der Waals surface area contributed by atoms with E-state index in [1.165, 1.54) is 4.68 Å². The van der Waals surface area contributed by atoms with Crippen LogP contribution in [0.2, 0.25) is 5.15 Å². The van der Waals surface area contributed by atoms with Crippen molar-refractivity contribution in [3.63, 3.8) is 0 Å². The molecule has 0 saturated heterocycles. The number of carbonyl (C=O) groups excluding carboxylic acids is 1. The lowest BCUT2D eigenvalue weighted by molar-refractivity contribution is 0.0734. The number of para-hydroxylation sites is 1. The van der Waals surface area contributed by atoms with Crippen LogP contribution in [0.5, 0.6) is 11.5 Å². The first kappa shape index (κ1) is 19.7. The molecule has 0 aliphatic carbocycles. The molecule has 5 nitrogen and oxygen atoms in total. The van der Waals surface area contributed by atoms with E-state index in [1.54, 1.807) is 31.2 Å². The summed E-state index contributed by atoms with van der Waals surface area (Å²) in [4.78, 5) is 12.7. The summed E-state index contributed by atoms with van der Waals surface area (Å²) in [5.74, 6) is 0.525. The Bertz CT molecular complexity index is 1140. The minimum atomic E-state index is -0.558. The summed E-state index contributed by atoms with van der Waals surface area (Å²) in [6.07, 6.45) is 0. The Balaban J connectivity index is 1.45. The van der Waals surface area contributed by atoms with Crippen LogP contribution >= 0.6 is 11.6 Å². The van der Waals surface area contributed by atoms with Gasteiger partial charge in [0.2, 0.25) is 0 Å². The number of hydrogen-bond acceptors (Lipinski definition) is 4. The zero-order valence-corrected chi connectivity index (χ0v) is 17.0. The number of benzene rings is 3. The molecule has 0 aliphatic heterocycles. The van der Waals surface area contributed by atoms with Crippen LogP contribution in [-0.4, -0.2) is 15.7 Å². The number of esters is 1. The average Bonchev–Trinajstić information content (AvgIpc) is 3.08. The molecule has 0 fully saturated rings. The Labute approximate surface area is 179 Å². The van der Waals surface area contributed by atoms with E-state index in [0.717, 1.165) is 11.3 Å². The Hall–Kier alpha value is -3.57. The lowest BCUT2D eigenvalue weighted by Gasteiger charge is -2.08. The first-order valence-corrected chi connectivity index (χ1v) is 9.79. The maximum absolute atomic E-state index is 12.7. The van der Waals surface area contributed by atoms with Gasteiger partial charge in [0.25, 0.3) is 0 Å². The van der Waals surface area contributed by atoms with E-state index in [0.29, 0.717) is 23.8 Å². The second-order valence-electron chi connectivity index (χ2n) is 6.63. The highest BCUT2D eigenvalue weighted by Crippen LogP contribution is 2.26. The Morgan fingerprint density at radius 1 is 0.900 bits per heavy atom. The van der Waals surface area contributed by atoms with Gasteiger partial charge in [-0.05, 0) is 48.9 Å². The molecule has 0 radical (unpaired) electrons. The van der Waals surface area contributed by atoms with Gasteiger partial charge in [-0.2, -0.15) is 5.10 Å². The highest BCUT2D eigenvalue weighted by atomic mass is 35.5. The number of hydrogen-bond donors (Lipinski definition) is 0. The van der Waals surface area contributed by atoms with E-state index in [4.69, 9.17) is 21.1 Å². The van der Waals surface area contributed by atoms with Gasteiger partial charge in [0.1, 0.15) is 28.8 Å². The zero-order chi connectivity index (χ0) is 20.9. The number of carbonyl (C=O) groups is 1. The molecule has 0 unspecified atom stereocenters. The van der Waals surface area contributed by atoms with E-state index in [-0.39, 0.29) is 10.7 Å². The molecule has 0 bridgehead atoms. The fourth-order valence-electron chi connectivity index (χ4n) is 2.97. The second kappa shape index (κ2) is 8.84. The number of aryl methyl sites for hydroxylation is 1. The van der Waals surface area contributed by atoms with Crippen LogP contribution < -0.4 is 9.47 Å². The number of aromatic nitrogens is 2. The number of nitrogens with zero attached hydrogens (tertiary/aromatic N) is 2.